The van der Waals surface area contributed by atoms with Gasteiger partial charge in [0, 0.05) is 60.9 Å². The standard InChI is InChI=1S/C11H10FIN2S/c12-7-1-2-8-9-6-14-4-3-10(9)15(16-13)11(8)5-7/h1-2,5,14H,3-4,6H2. The van der Waals surface area contributed by atoms with Crippen molar-refractivity contribution in [1.29, 1.82) is 0 Å². The molecule has 16 heavy (non-hydrogen) atoms. The molecule has 1 N–H and O–H groups in total. The first-order chi connectivity index (χ1) is 7.81. The topological polar surface area (TPSA) is 17.0 Å². The molecule has 0 aliphatic carbocycles. The Morgan fingerprint density at radius 3 is 3.12 bits per heavy atom. The van der Waals surface area contributed by atoms with Crippen LogP contribution in [0.4, 0.5) is 4.39 Å². The fourth-order valence-corrected chi connectivity index (χ4v) is 4.16. The van der Waals surface area contributed by atoms with Crippen molar-refractivity contribution < 1.29 is 4.39 Å². The monoisotopic (exact) mass is 348 g/mol. The Bertz CT molecular complexity index is 552. The minimum absolute atomic E-state index is 0.165. The van der Waals surface area contributed by atoms with Crippen LogP contribution in [0.3, 0.4) is 0 Å². The molecule has 0 amide bonds. The van der Waals surface area contributed by atoms with E-state index in [-0.39, 0.29) is 5.82 Å². The molecule has 3 rings (SSSR count). The van der Waals surface area contributed by atoms with E-state index in [9.17, 15) is 4.39 Å². The molecular formula is C11H10FIN2S. The molecule has 0 atom stereocenters. The van der Waals surface area contributed by atoms with Gasteiger partial charge in [0.05, 0.1) is 5.52 Å². The van der Waals surface area contributed by atoms with Crippen molar-refractivity contribution >= 4 is 41.2 Å². The van der Waals surface area contributed by atoms with Crippen molar-refractivity contribution in [2.45, 2.75) is 13.0 Å². The Morgan fingerprint density at radius 1 is 1.44 bits per heavy atom. The van der Waals surface area contributed by atoms with E-state index in [1.54, 1.807) is 21.3 Å². The van der Waals surface area contributed by atoms with E-state index < -0.39 is 0 Å². The lowest BCUT2D eigenvalue weighted by molar-refractivity contribution is 0.629. The van der Waals surface area contributed by atoms with Crippen LogP contribution in [-0.2, 0) is 13.0 Å². The summed E-state index contributed by atoms with van der Waals surface area (Å²) < 4.78 is 15.4. The molecule has 1 aliphatic heterocycles. The third kappa shape index (κ3) is 1.56. The Labute approximate surface area is 109 Å². The van der Waals surface area contributed by atoms with E-state index in [2.05, 4.69) is 30.5 Å². The zero-order valence-corrected chi connectivity index (χ0v) is 11.4. The van der Waals surface area contributed by atoms with Gasteiger partial charge in [-0.15, -0.1) is 0 Å². The van der Waals surface area contributed by atoms with Crippen LogP contribution in [0.5, 0.6) is 0 Å². The molecule has 0 fully saturated rings. The normalized spacial score (nSPS) is 15.4. The van der Waals surface area contributed by atoms with E-state index >= 15 is 0 Å². The zero-order valence-electron chi connectivity index (χ0n) is 8.46. The molecule has 0 saturated carbocycles. The van der Waals surface area contributed by atoms with E-state index in [0.29, 0.717) is 0 Å². The number of halogens is 2. The third-order valence-electron chi connectivity index (χ3n) is 3.01. The zero-order chi connectivity index (χ0) is 11.1. The third-order valence-corrected chi connectivity index (χ3v) is 4.74. The average Bonchev–Trinajstić information content (AvgIpc) is 2.61. The predicted octanol–water partition coefficient (Wildman–Crippen LogP) is 3.27. The molecule has 0 saturated heterocycles. The van der Waals surface area contributed by atoms with Gasteiger partial charge in [0.2, 0.25) is 0 Å². The second-order valence-electron chi connectivity index (χ2n) is 3.88. The maximum Gasteiger partial charge on any atom is 0.125 e. The number of hydrogen-bond acceptors (Lipinski definition) is 2. The van der Waals surface area contributed by atoms with E-state index in [4.69, 9.17) is 0 Å². The molecule has 1 aromatic heterocycles. The lowest BCUT2D eigenvalue weighted by Crippen LogP contribution is -2.23. The van der Waals surface area contributed by atoms with Crippen LogP contribution in [0.2, 0.25) is 0 Å². The lowest BCUT2D eigenvalue weighted by atomic mass is 10.1. The number of aromatic nitrogens is 1. The number of fused-ring (bicyclic) bond motifs is 3. The maximum atomic E-state index is 13.3. The van der Waals surface area contributed by atoms with Crippen molar-refractivity contribution in [3.8, 4) is 0 Å². The Hall–Kier alpha value is -0.270. The minimum atomic E-state index is -0.165. The Balaban J connectivity index is 2.37. The first kappa shape index (κ1) is 10.9. The summed E-state index contributed by atoms with van der Waals surface area (Å²) in [4.78, 5) is 0. The van der Waals surface area contributed by atoms with E-state index in [1.807, 2.05) is 6.07 Å². The van der Waals surface area contributed by atoms with Gasteiger partial charge in [-0.05, 0) is 23.8 Å². The molecular weight excluding hydrogens is 338 g/mol. The van der Waals surface area contributed by atoms with Crippen molar-refractivity contribution in [1.82, 2.24) is 9.29 Å². The van der Waals surface area contributed by atoms with Crippen LogP contribution < -0.4 is 5.32 Å². The van der Waals surface area contributed by atoms with Gasteiger partial charge in [-0.1, -0.05) is 0 Å². The molecule has 0 unspecified atom stereocenters. The average molecular weight is 348 g/mol. The maximum absolute atomic E-state index is 13.3. The summed E-state index contributed by atoms with van der Waals surface area (Å²) in [5.41, 5.74) is 3.65. The summed E-state index contributed by atoms with van der Waals surface area (Å²) in [6.07, 6.45) is 1.02. The number of rotatable bonds is 1. The highest BCUT2D eigenvalue weighted by molar-refractivity contribution is 14.2. The van der Waals surface area contributed by atoms with Crippen molar-refractivity contribution in [2.24, 2.45) is 0 Å². The molecule has 1 aromatic carbocycles. The largest absolute Gasteiger partial charge is 0.312 e. The van der Waals surface area contributed by atoms with Crippen LogP contribution in [-0.4, -0.2) is 10.5 Å². The minimum Gasteiger partial charge on any atom is -0.312 e. The SMILES string of the molecule is Fc1ccc2c3c(n(SI)c2c1)CCNC3. The summed E-state index contributed by atoms with van der Waals surface area (Å²) in [5, 5.41) is 4.54. The van der Waals surface area contributed by atoms with Gasteiger partial charge in [-0.3, -0.25) is 3.97 Å². The molecule has 84 valence electrons. The van der Waals surface area contributed by atoms with Crippen LogP contribution >= 0.6 is 30.3 Å². The first-order valence-corrected chi connectivity index (χ1v) is 8.44. The Morgan fingerprint density at radius 2 is 2.31 bits per heavy atom. The first-order valence-electron chi connectivity index (χ1n) is 5.13. The van der Waals surface area contributed by atoms with Gasteiger partial charge < -0.3 is 5.32 Å². The summed E-state index contributed by atoms with van der Waals surface area (Å²) in [7, 11) is 1.62. The van der Waals surface area contributed by atoms with Gasteiger partial charge in [-0.25, -0.2) is 4.39 Å². The van der Waals surface area contributed by atoms with Crippen LogP contribution in [0.1, 0.15) is 11.3 Å². The van der Waals surface area contributed by atoms with Gasteiger partial charge in [-0.2, -0.15) is 0 Å². The van der Waals surface area contributed by atoms with Crippen molar-refractivity contribution in [2.75, 3.05) is 6.54 Å². The molecule has 2 aromatic rings. The molecule has 2 heterocycles. The lowest BCUT2D eigenvalue weighted by Gasteiger charge is -2.14. The highest BCUT2D eigenvalue weighted by atomic mass is 127. The van der Waals surface area contributed by atoms with Crippen LogP contribution in [0, 0.1) is 5.82 Å². The van der Waals surface area contributed by atoms with Gasteiger partial charge in [0.25, 0.3) is 0 Å². The fourth-order valence-electron chi connectivity index (χ4n) is 2.30. The van der Waals surface area contributed by atoms with Crippen LogP contribution in [0.15, 0.2) is 18.2 Å². The van der Waals surface area contributed by atoms with Crippen molar-refractivity contribution in [3.63, 3.8) is 0 Å². The highest BCUT2D eigenvalue weighted by Crippen LogP contribution is 2.34. The molecule has 0 radical (unpaired) electrons. The summed E-state index contributed by atoms with van der Waals surface area (Å²) in [5.74, 6) is -0.165. The number of nitrogens with one attached hydrogen (secondary N) is 1. The second kappa shape index (κ2) is 4.19. The molecule has 5 heteroatoms. The fraction of sp³-hybridized carbons (Fsp3) is 0.273. The highest BCUT2D eigenvalue weighted by Gasteiger charge is 2.19. The van der Waals surface area contributed by atoms with Gasteiger partial charge in [0.15, 0.2) is 0 Å². The summed E-state index contributed by atoms with van der Waals surface area (Å²) >= 11 is 2.25. The molecule has 0 spiro atoms. The van der Waals surface area contributed by atoms with Gasteiger partial charge >= 0.3 is 0 Å². The van der Waals surface area contributed by atoms with Crippen LogP contribution in [0.25, 0.3) is 10.9 Å². The summed E-state index contributed by atoms with van der Waals surface area (Å²) in [6.45, 7) is 1.89. The summed E-state index contributed by atoms with van der Waals surface area (Å²) in [6, 6.07) is 5.05. The van der Waals surface area contributed by atoms with Gasteiger partial charge in [0.1, 0.15) is 5.82 Å². The smallest absolute Gasteiger partial charge is 0.125 e. The quantitative estimate of drug-likeness (QED) is 0.797. The number of nitrogens with zero attached hydrogens (tertiary/aromatic N) is 1. The van der Waals surface area contributed by atoms with E-state index in [1.165, 1.54) is 16.6 Å². The van der Waals surface area contributed by atoms with E-state index in [0.717, 1.165) is 25.0 Å². The molecule has 1 aliphatic rings. The molecule has 2 nitrogen and oxygen atoms in total. The Kier molecular flexibility index (Phi) is 2.85. The van der Waals surface area contributed by atoms with Crippen molar-refractivity contribution in [3.05, 3.63) is 35.3 Å². The number of hydrogen-bond donors (Lipinski definition) is 1. The predicted molar refractivity (Wildman–Crippen MR) is 74.3 cm³/mol. The molecule has 0 bridgehead atoms. The second-order valence-corrected chi connectivity index (χ2v) is 5.56. The number of benzene rings is 1.